The van der Waals surface area contributed by atoms with Crippen molar-refractivity contribution in [3.63, 3.8) is 0 Å². The minimum Gasteiger partial charge on any atom is -0.337 e. The van der Waals surface area contributed by atoms with Crippen molar-refractivity contribution in [1.29, 1.82) is 0 Å². The van der Waals surface area contributed by atoms with Crippen LogP contribution in [0.15, 0.2) is 18.2 Å². The van der Waals surface area contributed by atoms with Crippen LogP contribution in [-0.2, 0) is 4.79 Å². The van der Waals surface area contributed by atoms with Crippen LogP contribution in [0.3, 0.4) is 0 Å². The van der Waals surface area contributed by atoms with Crippen molar-refractivity contribution in [3.8, 4) is 0 Å². The molecule has 1 saturated carbocycles. The second-order valence-electron chi connectivity index (χ2n) is 7.79. The number of nitrogens with zero attached hydrogens (tertiary/aromatic N) is 2. The normalized spacial score (nSPS) is 21.6. The zero-order valence-corrected chi connectivity index (χ0v) is 16.1. The summed E-state index contributed by atoms with van der Waals surface area (Å²) >= 11 is 6.26. The molecule has 1 aromatic rings. The van der Waals surface area contributed by atoms with E-state index in [1.807, 2.05) is 28.9 Å². The number of hydrogen-bond donors (Lipinski definition) is 0. The van der Waals surface area contributed by atoms with Gasteiger partial charge in [0.25, 0.3) is 5.91 Å². The average molecular weight is 363 g/mol. The Hall–Kier alpha value is -1.55. The van der Waals surface area contributed by atoms with Gasteiger partial charge in [0.1, 0.15) is 0 Å². The number of hydrogen-bond acceptors (Lipinski definition) is 2. The van der Waals surface area contributed by atoms with E-state index in [2.05, 4.69) is 13.8 Å². The molecule has 25 heavy (non-hydrogen) atoms. The first-order valence-corrected chi connectivity index (χ1v) is 9.59. The maximum absolute atomic E-state index is 13.1. The molecule has 1 heterocycles. The number of aryl methyl sites for hydroxylation is 1. The maximum Gasteiger partial charge on any atom is 0.255 e. The Morgan fingerprint density at radius 1 is 1.32 bits per heavy atom. The molecule has 1 aromatic carbocycles. The average Bonchev–Trinajstić information content (AvgIpc) is 3.39. The summed E-state index contributed by atoms with van der Waals surface area (Å²) in [4.78, 5) is 29.6. The van der Waals surface area contributed by atoms with Gasteiger partial charge in [-0.25, -0.2) is 0 Å². The summed E-state index contributed by atoms with van der Waals surface area (Å²) in [5.41, 5.74) is 1.54. The lowest BCUT2D eigenvalue weighted by atomic mass is 10.0. The van der Waals surface area contributed by atoms with Crippen molar-refractivity contribution >= 4 is 23.4 Å². The highest BCUT2D eigenvalue weighted by molar-refractivity contribution is 6.33. The Morgan fingerprint density at radius 2 is 2.04 bits per heavy atom. The largest absolute Gasteiger partial charge is 0.337 e. The van der Waals surface area contributed by atoms with Crippen LogP contribution in [-0.4, -0.2) is 47.3 Å². The van der Waals surface area contributed by atoms with Crippen molar-refractivity contribution in [2.24, 2.45) is 11.8 Å². The van der Waals surface area contributed by atoms with Crippen molar-refractivity contribution in [3.05, 3.63) is 34.3 Å². The van der Waals surface area contributed by atoms with Gasteiger partial charge in [-0.3, -0.25) is 9.59 Å². The van der Waals surface area contributed by atoms with Crippen LogP contribution in [0.1, 0.15) is 49.0 Å². The summed E-state index contributed by atoms with van der Waals surface area (Å²) in [6.07, 6.45) is 2.83. The van der Waals surface area contributed by atoms with Gasteiger partial charge >= 0.3 is 0 Å². The highest BCUT2D eigenvalue weighted by Crippen LogP contribution is 2.32. The molecule has 0 aromatic heterocycles. The number of halogens is 1. The van der Waals surface area contributed by atoms with Crippen molar-refractivity contribution in [1.82, 2.24) is 9.80 Å². The Bertz CT molecular complexity index is 670. The minimum atomic E-state index is -0.0691. The van der Waals surface area contributed by atoms with Crippen LogP contribution in [0.25, 0.3) is 0 Å². The number of amides is 2. The minimum absolute atomic E-state index is 0.0691. The molecule has 0 radical (unpaired) electrons. The molecule has 5 heteroatoms. The third kappa shape index (κ3) is 4.17. The molecule has 3 rings (SSSR count). The number of carbonyl (C=O) groups is 2. The summed E-state index contributed by atoms with van der Waals surface area (Å²) in [5, 5.41) is 0.474. The Labute approximate surface area is 155 Å². The molecule has 1 atom stereocenters. The molecule has 136 valence electrons. The first-order valence-electron chi connectivity index (χ1n) is 9.21. The molecule has 0 spiro atoms. The van der Waals surface area contributed by atoms with Gasteiger partial charge in [-0.15, -0.1) is 0 Å². The van der Waals surface area contributed by atoms with Gasteiger partial charge < -0.3 is 9.80 Å². The number of benzene rings is 1. The molecule has 1 saturated heterocycles. The van der Waals surface area contributed by atoms with Crippen LogP contribution < -0.4 is 0 Å². The van der Waals surface area contributed by atoms with Crippen LogP contribution in [0.2, 0.25) is 5.02 Å². The Morgan fingerprint density at radius 3 is 2.68 bits per heavy atom. The third-order valence-corrected chi connectivity index (χ3v) is 5.61. The van der Waals surface area contributed by atoms with Gasteiger partial charge in [0.2, 0.25) is 5.91 Å². The lowest BCUT2D eigenvalue weighted by molar-refractivity contribution is -0.133. The molecule has 2 fully saturated rings. The fraction of sp³-hybridized carbons (Fsp3) is 0.600. The van der Waals surface area contributed by atoms with Crippen LogP contribution in [0, 0.1) is 18.8 Å². The second-order valence-corrected chi connectivity index (χ2v) is 8.19. The van der Waals surface area contributed by atoms with Crippen LogP contribution in [0.5, 0.6) is 0 Å². The van der Waals surface area contributed by atoms with Crippen molar-refractivity contribution in [2.45, 2.75) is 46.1 Å². The highest BCUT2D eigenvalue weighted by Gasteiger charge is 2.37. The lowest BCUT2D eigenvalue weighted by Crippen LogP contribution is -2.48. The molecule has 2 aliphatic rings. The summed E-state index contributed by atoms with van der Waals surface area (Å²) in [6.45, 7) is 8.10. The van der Waals surface area contributed by atoms with Gasteiger partial charge in [-0.2, -0.15) is 0 Å². The molecular weight excluding hydrogens is 336 g/mol. The van der Waals surface area contributed by atoms with Crippen molar-refractivity contribution in [2.75, 3.05) is 19.6 Å². The van der Waals surface area contributed by atoms with E-state index >= 15 is 0 Å². The van der Waals surface area contributed by atoms with Gasteiger partial charge in [-0.1, -0.05) is 37.1 Å². The fourth-order valence-electron chi connectivity index (χ4n) is 3.52. The topological polar surface area (TPSA) is 40.6 Å². The maximum atomic E-state index is 13.1. The lowest BCUT2D eigenvalue weighted by Gasteiger charge is -2.35. The predicted octanol–water partition coefficient (Wildman–Crippen LogP) is 3.76. The number of carbonyl (C=O) groups excluding carboxylic acids is 2. The quantitative estimate of drug-likeness (QED) is 0.818. The predicted molar refractivity (Wildman–Crippen MR) is 99.8 cm³/mol. The fourth-order valence-corrected chi connectivity index (χ4v) is 3.72. The third-order valence-electron chi connectivity index (χ3n) is 5.28. The van der Waals surface area contributed by atoms with E-state index in [-0.39, 0.29) is 17.9 Å². The molecule has 1 aliphatic heterocycles. The van der Waals surface area contributed by atoms with Crippen LogP contribution >= 0.6 is 11.6 Å². The zero-order chi connectivity index (χ0) is 18.1. The van der Waals surface area contributed by atoms with E-state index < -0.39 is 0 Å². The van der Waals surface area contributed by atoms with Crippen LogP contribution in [0.4, 0.5) is 0 Å². The molecule has 1 aliphatic carbocycles. The second kappa shape index (κ2) is 7.36. The SMILES string of the molecule is Cc1ccc(Cl)c(C(=O)N2CCC(=O)N(CC3CC3)[C@@H](C(C)C)C2)c1. The van der Waals surface area contributed by atoms with Crippen molar-refractivity contribution < 1.29 is 9.59 Å². The van der Waals surface area contributed by atoms with Gasteiger partial charge in [0.05, 0.1) is 16.6 Å². The van der Waals surface area contributed by atoms with E-state index in [0.717, 1.165) is 12.1 Å². The molecule has 0 N–H and O–H groups in total. The molecular formula is C20H27ClN2O2. The molecule has 4 nitrogen and oxygen atoms in total. The first kappa shape index (κ1) is 18.2. The van der Waals surface area contributed by atoms with Gasteiger partial charge in [0, 0.05) is 26.1 Å². The zero-order valence-electron chi connectivity index (χ0n) is 15.3. The standard InChI is InChI=1S/C20H27ClN2O2/c1-13(2)18-12-22(9-8-19(24)23(18)11-15-5-6-15)20(25)16-10-14(3)4-7-17(16)21/h4,7,10,13,15,18H,5-6,8-9,11-12H2,1-3H3/t18-/m1/s1. The van der Waals surface area contributed by atoms with E-state index in [9.17, 15) is 9.59 Å². The summed E-state index contributed by atoms with van der Waals surface area (Å²) in [7, 11) is 0. The number of rotatable bonds is 4. The Balaban J connectivity index is 1.83. The van der Waals surface area contributed by atoms with E-state index in [1.165, 1.54) is 12.8 Å². The van der Waals surface area contributed by atoms with Gasteiger partial charge in [-0.05, 0) is 43.7 Å². The molecule has 0 unspecified atom stereocenters. The summed E-state index contributed by atoms with van der Waals surface area (Å²) in [6, 6.07) is 5.58. The smallest absolute Gasteiger partial charge is 0.255 e. The monoisotopic (exact) mass is 362 g/mol. The Kier molecular flexibility index (Phi) is 5.38. The summed E-state index contributed by atoms with van der Waals surface area (Å²) in [5.74, 6) is 1.07. The molecule has 0 bridgehead atoms. The summed E-state index contributed by atoms with van der Waals surface area (Å²) < 4.78 is 0. The van der Waals surface area contributed by atoms with Gasteiger partial charge in [0.15, 0.2) is 0 Å². The highest BCUT2D eigenvalue weighted by atomic mass is 35.5. The van der Waals surface area contributed by atoms with E-state index in [1.54, 1.807) is 6.07 Å². The first-order chi connectivity index (χ1) is 11.9. The molecule has 2 amide bonds. The van der Waals surface area contributed by atoms with E-state index in [4.69, 9.17) is 11.6 Å². The van der Waals surface area contributed by atoms with E-state index in [0.29, 0.717) is 41.9 Å².